The third-order valence-corrected chi connectivity index (χ3v) is 3.28. The first-order valence-corrected chi connectivity index (χ1v) is 5.93. The van der Waals surface area contributed by atoms with E-state index in [4.69, 9.17) is 9.84 Å². The predicted octanol–water partition coefficient (Wildman–Crippen LogP) is 2.09. The van der Waals surface area contributed by atoms with Crippen molar-refractivity contribution >= 4 is 22.8 Å². The highest BCUT2D eigenvalue weighted by molar-refractivity contribution is 5.97. The number of aromatic nitrogens is 1. The number of hydrogen-bond acceptors (Lipinski definition) is 4. The Kier molecular flexibility index (Phi) is 2.48. The molecule has 0 atom stereocenters. The Hall–Kier alpha value is -2.43. The molecule has 1 N–H and O–H groups in total. The van der Waals surface area contributed by atoms with Crippen molar-refractivity contribution in [3.05, 3.63) is 35.0 Å². The molecule has 1 aliphatic heterocycles. The first kappa shape index (κ1) is 11.6. The number of aromatic carboxylic acids is 1. The quantitative estimate of drug-likeness (QED) is 0.791. The van der Waals surface area contributed by atoms with E-state index < -0.39 is 5.97 Å². The molecule has 19 heavy (non-hydrogen) atoms. The Morgan fingerprint density at radius 3 is 2.89 bits per heavy atom. The number of fused-ring (bicyclic) bond motifs is 3. The number of carboxylic acids is 1. The number of esters is 1. The number of carbonyl (C=O) groups is 2. The maximum absolute atomic E-state index is 11.4. The van der Waals surface area contributed by atoms with Crippen LogP contribution in [0.3, 0.4) is 0 Å². The number of carboxylic acid groups (broad SMARTS) is 1. The van der Waals surface area contributed by atoms with Gasteiger partial charge in [0.2, 0.25) is 0 Å². The summed E-state index contributed by atoms with van der Waals surface area (Å²) in [7, 11) is 0. The molecular formula is C14H11NO4. The highest BCUT2D eigenvalue weighted by Crippen LogP contribution is 2.35. The largest absolute Gasteiger partial charge is 0.478 e. The SMILES string of the molecule is Cc1nc2ccc(C(=O)O)cc2c2c1CCC(=O)O2. The van der Waals surface area contributed by atoms with Gasteiger partial charge in [0.1, 0.15) is 5.75 Å². The van der Waals surface area contributed by atoms with Crippen molar-refractivity contribution in [3.8, 4) is 5.75 Å². The summed E-state index contributed by atoms with van der Waals surface area (Å²) >= 11 is 0. The smallest absolute Gasteiger partial charge is 0.335 e. The second-order valence-corrected chi connectivity index (χ2v) is 4.52. The Balaban J connectivity index is 2.33. The van der Waals surface area contributed by atoms with Crippen molar-refractivity contribution in [2.75, 3.05) is 0 Å². The van der Waals surface area contributed by atoms with Crippen LogP contribution < -0.4 is 4.74 Å². The number of rotatable bonds is 1. The number of nitrogens with zero attached hydrogens (tertiary/aromatic N) is 1. The van der Waals surface area contributed by atoms with Gasteiger partial charge in [0, 0.05) is 16.6 Å². The summed E-state index contributed by atoms with van der Waals surface area (Å²) in [4.78, 5) is 26.9. The molecule has 0 unspecified atom stereocenters. The highest BCUT2D eigenvalue weighted by Gasteiger charge is 2.23. The van der Waals surface area contributed by atoms with Gasteiger partial charge in [-0.1, -0.05) is 0 Å². The number of ether oxygens (including phenoxy) is 1. The lowest BCUT2D eigenvalue weighted by Crippen LogP contribution is -2.17. The molecule has 0 saturated carbocycles. The summed E-state index contributed by atoms with van der Waals surface area (Å²) in [6.07, 6.45) is 0.917. The molecule has 0 spiro atoms. The van der Waals surface area contributed by atoms with Crippen LogP contribution in [-0.2, 0) is 11.2 Å². The molecule has 96 valence electrons. The minimum absolute atomic E-state index is 0.155. The monoisotopic (exact) mass is 257 g/mol. The fraction of sp³-hybridized carbons (Fsp3) is 0.214. The highest BCUT2D eigenvalue weighted by atomic mass is 16.5. The third-order valence-electron chi connectivity index (χ3n) is 3.28. The number of pyridine rings is 1. The van der Waals surface area contributed by atoms with Gasteiger partial charge in [0.05, 0.1) is 17.5 Å². The molecule has 3 rings (SSSR count). The van der Waals surface area contributed by atoms with E-state index in [9.17, 15) is 9.59 Å². The average molecular weight is 257 g/mol. The van der Waals surface area contributed by atoms with Crippen LogP contribution in [-0.4, -0.2) is 22.0 Å². The van der Waals surface area contributed by atoms with E-state index in [0.29, 0.717) is 29.5 Å². The minimum Gasteiger partial charge on any atom is -0.478 e. The zero-order chi connectivity index (χ0) is 13.6. The molecule has 0 bridgehead atoms. The van der Waals surface area contributed by atoms with E-state index in [-0.39, 0.29) is 11.5 Å². The lowest BCUT2D eigenvalue weighted by molar-refractivity contribution is -0.135. The maximum Gasteiger partial charge on any atom is 0.335 e. The van der Waals surface area contributed by atoms with E-state index in [2.05, 4.69) is 4.98 Å². The van der Waals surface area contributed by atoms with E-state index in [0.717, 1.165) is 11.3 Å². The Bertz CT molecular complexity index is 721. The van der Waals surface area contributed by atoms with E-state index in [1.165, 1.54) is 12.1 Å². The van der Waals surface area contributed by atoms with Gasteiger partial charge in [-0.2, -0.15) is 0 Å². The van der Waals surface area contributed by atoms with Crippen molar-refractivity contribution in [2.45, 2.75) is 19.8 Å². The Labute approximate surface area is 108 Å². The lowest BCUT2D eigenvalue weighted by Gasteiger charge is -2.19. The van der Waals surface area contributed by atoms with Gasteiger partial charge in [-0.3, -0.25) is 9.78 Å². The van der Waals surface area contributed by atoms with Crippen LogP contribution in [0.2, 0.25) is 0 Å². The lowest BCUT2D eigenvalue weighted by atomic mass is 10.00. The van der Waals surface area contributed by atoms with Crippen LogP contribution >= 0.6 is 0 Å². The zero-order valence-electron chi connectivity index (χ0n) is 10.3. The molecule has 0 amide bonds. The molecule has 0 fully saturated rings. The van der Waals surface area contributed by atoms with Gasteiger partial charge in [0.15, 0.2) is 0 Å². The summed E-state index contributed by atoms with van der Waals surface area (Å²) in [5.41, 5.74) is 2.49. The summed E-state index contributed by atoms with van der Waals surface area (Å²) < 4.78 is 5.29. The van der Waals surface area contributed by atoms with Crippen LogP contribution in [0.5, 0.6) is 5.75 Å². The number of aryl methyl sites for hydroxylation is 1. The molecular weight excluding hydrogens is 246 g/mol. The molecule has 0 radical (unpaired) electrons. The number of hydrogen-bond donors (Lipinski definition) is 1. The molecule has 0 aliphatic carbocycles. The fourth-order valence-corrected chi connectivity index (χ4v) is 2.33. The van der Waals surface area contributed by atoms with Crippen molar-refractivity contribution in [1.82, 2.24) is 4.98 Å². The first-order valence-electron chi connectivity index (χ1n) is 5.93. The van der Waals surface area contributed by atoms with Crippen molar-refractivity contribution < 1.29 is 19.4 Å². The van der Waals surface area contributed by atoms with E-state index >= 15 is 0 Å². The van der Waals surface area contributed by atoms with Crippen molar-refractivity contribution in [1.29, 1.82) is 0 Å². The summed E-state index contributed by atoms with van der Waals surface area (Å²) in [5.74, 6) is -0.847. The normalized spacial score (nSPS) is 14.1. The van der Waals surface area contributed by atoms with Crippen molar-refractivity contribution in [3.63, 3.8) is 0 Å². The average Bonchev–Trinajstić information content (AvgIpc) is 2.38. The second kappa shape index (κ2) is 4.05. The van der Waals surface area contributed by atoms with Gasteiger partial charge in [0.25, 0.3) is 0 Å². The maximum atomic E-state index is 11.4. The molecule has 5 nitrogen and oxygen atoms in total. The molecule has 0 saturated heterocycles. The Morgan fingerprint density at radius 2 is 2.16 bits per heavy atom. The fourth-order valence-electron chi connectivity index (χ4n) is 2.33. The van der Waals surface area contributed by atoms with E-state index in [1.54, 1.807) is 6.07 Å². The molecule has 2 aromatic rings. The van der Waals surface area contributed by atoms with Gasteiger partial charge in [-0.05, 0) is 31.5 Å². The standard InChI is InChI=1S/C14H11NO4/c1-7-9-3-5-12(16)19-13(9)10-6-8(14(17)18)2-4-11(10)15-7/h2,4,6H,3,5H2,1H3,(H,17,18). The number of benzene rings is 1. The number of carbonyl (C=O) groups excluding carboxylic acids is 1. The first-order chi connectivity index (χ1) is 9.06. The van der Waals surface area contributed by atoms with Crippen LogP contribution in [0.25, 0.3) is 10.9 Å². The van der Waals surface area contributed by atoms with E-state index in [1.807, 2.05) is 6.92 Å². The summed E-state index contributed by atoms with van der Waals surface area (Å²) in [6, 6.07) is 4.63. The van der Waals surface area contributed by atoms with Gasteiger partial charge in [-0.25, -0.2) is 4.79 Å². The molecule has 1 aromatic carbocycles. The second-order valence-electron chi connectivity index (χ2n) is 4.52. The zero-order valence-corrected chi connectivity index (χ0v) is 10.3. The van der Waals surface area contributed by atoms with Crippen LogP contribution in [0.15, 0.2) is 18.2 Å². The van der Waals surface area contributed by atoms with Crippen molar-refractivity contribution in [2.24, 2.45) is 0 Å². The summed E-state index contributed by atoms with van der Waals surface area (Å²) in [5, 5.41) is 9.60. The Morgan fingerprint density at radius 1 is 1.37 bits per heavy atom. The molecule has 2 heterocycles. The van der Waals surface area contributed by atoms with Crippen LogP contribution in [0.4, 0.5) is 0 Å². The third kappa shape index (κ3) is 1.83. The van der Waals surface area contributed by atoms with Gasteiger partial charge >= 0.3 is 11.9 Å². The molecule has 1 aliphatic rings. The topological polar surface area (TPSA) is 76.5 Å². The molecule has 5 heteroatoms. The van der Waals surface area contributed by atoms with Gasteiger partial charge < -0.3 is 9.84 Å². The van der Waals surface area contributed by atoms with Crippen LogP contribution in [0.1, 0.15) is 28.0 Å². The molecule has 1 aromatic heterocycles. The van der Waals surface area contributed by atoms with Gasteiger partial charge in [-0.15, -0.1) is 0 Å². The minimum atomic E-state index is -1.02. The van der Waals surface area contributed by atoms with Crippen LogP contribution in [0, 0.1) is 6.92 Å². The predicted molar refractivity (Wildman–Crippen MR) is 67.4 cm³/mol. The summed E-state index contributed by atoms with van der Waals surface area (Å²) in [6.45, 7) is 1.86.